The van der Waals surface area contributed by atoms with Crippen LogP contribution in [0, 0.1) is 6.92 Å². The number of hydrogen-bond donors (Lipinski definition) is 0. The maximum Gasteiger partial charge on any atom is 0.169 e. The summed E-state index contributed by atoms with van der Waals surface area (Å²) < 4.78 is 39.6. The Bertz CT molecular complexity index is 1900. The molecule has 244 valence electrons. The van der Waals surface area contributed by atoms with Crippen LogP contribution in [0.2, 0.25) is 0 Å². The van der Waals surface area contributed by atoms with E-state index in [4.69, 9.17) is 9.72 Å². The fourth-order valence-electron chi connectivity index (χ4n) is 4.87. The van der Waals surface area contributed by atoms with Gasteiger partial charge in [0.1, 0.15) is 22.4 Å². The van der Waals surface area contributed by atoms with E-state index in [0.717, 1.165) is 66.3 Å². The Morgan fingerprint density at radius 2 is 1.25 bits per heavy atom. The fourth-order valence-corrected chi connectivity index (χ4v) is 5.34. The quantitative estimate of drug-likeness (QED) is 0.0775. The summed E-state index contributed by atoms with van der Waals surface area (Å²) in [7, 11) is -4.27. The Labute approximate surface area is 281 Å². The minimum absolute atomic E-state index is 0.178. The summed E-state index contributed by atoms with van der Waals surface area (Å²) in [6.45, 7) is 3.50. The van der Waals surface area contributed by atoms with Crippen LogP contribution in [-0.4, -0.2) is 39.5 Å². The van der Waals surface area contributed by atoms with Crippen molar-refractivity contribution in [3.05, 3.63) is 140 Å². The van der Waals surface area contributed by atoms with Crippen molar-refractivity contribution in [1.29, 1.82) is 0 Å². The molecule has 0 aliphatic rings. The maximum atomic E-state index is 10.4. The minimum atomic E-state index is -4.27. The summed E-state index contributed by atoms with van der Waals surface area (Å²) in [5, 5.41) is 0. The highest BCUT2D eigenvalue weighted by Crippen LogP contribution is 2.27. The van der Waals surface area contributed by atoms with E-state index in [1.54, 1.807) is 24.5 Å². The number of benzene rings is 1. The third kappa shape index (κ3) is 10.3. The monoisotopic (exact) mass is 659 g/mol. The Hall–Kier alpha value is -5.32. The molecule has 0 N–H and O–H groups in total. The summed E-state index contributed by atoms with van der Waals surface area (Å²) in [4.78, 5) is 17.6. The summed E-state index contributed by atoms with van der Waals surface area (Å²) in [5.74, 6) is 0.793. The van der Waals surface area contributed by atoms with E-state index < -0.39 is 10.1 Å². The van der Waals surface area contributed by atoms with Crippen LogP contribution in [-0.2, 0) is 16.7 Å². The summed E-state index contributed by atoms with van der Waals surface area (Å²) >= 11 is 0. The second-order valence-electron chi connectivity index (χ2n) is 11.1. The number of aromatic nitrogens is 5. The van der Waals surface area contributed by atoms with Gasteiger partial charge in [0.15, 0.2) is 12.4 Å². The molecule has 0 radical (unpaired) electrons. The van der Waals surface area contributed by atoms with Gasteiger partial charge in [-0.05, 0) is 85.8 Å². The molecule has 10 heteroatoms. The average molecular weight is 660 g/mol. The Kier molecular flexibility index (Phi) is 12.1. The molecule has 0 aliphatic heterocycles. The zero-order valence-electron chi connectivity index (χ0n) is 26.7. The lowest BCUT2D eigenvalue weighted by molar-refractivity contribution is -0.697. The molecule has 1 aromatic carbocycles. The SMILES string of the molecule is Cc1ccc(S(=O)(=O)[O-])cc1.c1ccc(-c2cc(OCCCCCC[n+]3ccc(-c4ccncc4)cc3)cc(-c3ccccn3)n2)nc1. The molecule has 0 atom stereocenters. The molecule has 0 unspecified atom stereocenters. The topological polar surface area (TPSA) is 122 Å². The third-order valence-electron chi connectivity index (χ3n) is 7.45. The first-order valence-electron chi connectivity index (χ1n) is 15.7. The number of pyridine rings is 5. The van der Waals surface area contributed by atoms with Crippen molar-refractivity contribution in [3.63, 3.8) is 0 Å². The Morgan fingerprint density at radius 3 is 1.81 bits per heavy atom. The smallest absolute Gasteiger partial charge is 0.169 e. The first kappa shape index (κ1) is 34.0. The van der Waals surface area contributed by atoms with E-state index in [1.807, 2.05) is 80.0 Å². The normalized spacial score (nSPS) is 11.0. The van der Waals surface area contributed by atoms with E-state index in [9.17, 15) is 13.0 Å². The molecule has 6 aromatic rings. The molecule has 5 aromatic heterocycles. The molecule has 0 bridgehead atoms. The molecule has 0 amide bonds. The zero-order chi connectivity index (χ0) is 33.6. The highest BCUT2D eigenvalue weighted by atomic mass is 32.2. The van der Waals surface area contributed by atoms with E-state index in [0.29, 0.717) is 6.61 Å². The van der Waals surface area contributed by atoms with Gasteiger partial charge < -0.3 is 9.29 Å². The van der Waals surface area contributed by atoms with Crippen LogP contribution < -0.4 is 9.30 Å². The minimum Gasteiger partial charge on any atom is -0.744 e. The number of nitrogens with zero attached hydrogens (tertiary/aromatic N) is 5. The molecular formula is C38H37N5O4S. The highest BCUT2D eigenvalue weighted by molar-refractivity contribution is 7.85. The molecule has 0 spiro atoms. The second-order valence-corrected chi connectivity index (χ2v) is 12.5. The van der Waals surface area contributed by atoms with Crippen LogP contribution in [0.4, 0.5) is 0 Å². The van der Waals surface area contributed by atoms with Crippen LogP contribution in [0.25, 0.3) is 33.9 Å². The predicted octanol–water partition coefficient (Wildman–Crippen LogP) is 7.09. The lowest BCUT2D eigenvalue weighted by atomic mass is 10.1. The average Bonchev–Trinajstić information content (AvgIpc) is 3.12. The van der Waals surface area contributed by atoms with Gasteiger partial charge in [0.25, 0.3) is 0 Å². The molecule has 9 nitrogen and oxygen atoms in total. The van der Waals surface area contributed by atoms with Gasteiger partial charge in [0, 0.05) is 55.5 Å². The van der Waals surface area contributed by atoms with Crippen LogP contribution in [0.3, 0.4) is 0 Å². The molecule has 48 heavy (non-hydrogen) atoms. The molecular weight excluding hydrogens is 623 g/mol. The zero-order valence-corrected chi connectivity index (χ0v) is 27.5. The second kappa shape index (κ2) is 17.0. The number of aryl methyl sites for hydroxylation is 2. The van der Waals surface area contributed by atoms with Gasteiger partial charge in [0.2, 0.25) is 0 Å². The van der Waals surface area contributed by atoms with Crippen molar-refractivity contribution in [3.8, 4) is 39.7 Å². The third-order valence-corrected chi connectivity index (χ3v) is 8.30. The van der Waals surface area contributed by atoms with Gasteiger partial charge in [-0.2, -0.15) is 0 Å². The van der Waals surface area contributed by atoms with Gasteiger partial charge in [-0.25, -0.2) is 18.0 Å². The first-order valence-corrected chi connectivity index (χ1v) is 17.2. The lowest BCUT2D eigenvalue weighted by Crippen LogP contribution is -2.32. The number of ether oxygens (including phenoxy) is 1. The van der Waals surface area contributed by atoms with Crippen LogP contribution >= 0.6 is 0 Å². The molecule has 0 saturated heterocycles. The van der Waals surface area contributed by atoms with Crippen molar-refractivity contribution in [2.24, 2.45) is 0 Å². The maximum absolute atomic E-state index is 10.4. The van der Waals surface area contributed by atoms with E-state index >= 15 is 0 Å². The molecule has 0 aliphatic carbocycles. The van der Waals surface area contributed by atoms with Gasteiger partial charge in [-0.15, -0.1) is 0 Å². The van der Waals surface area contributed by atoms with Gasteiger partial charge in [0.05, 0.1) is 34.3 Å². The van der Waals surface area contributed by atoms with E-state index in [-0.39, 0.29) is 4.90 Å². The highest BCUT2D eigenvalue weighted by Gasteiger charge is 2.10. The van der Waals surface area contributed by atoms with Crippen LogP contribution in [0.1, 0.15) is 31.2 Å². The summed E-state index contributed by atoms with van der Waals surface area (Å²) in [6.07, 6.45) is 16.0. The molecule has 0 fully saturated rings. The van der Waals surface area contributed by atoms with Crippen LogP contribution in [0.15, 0.2) is 139 Å². The van der Waals surface area contributed by atoms with Crippen molar-refractivity contribution in [2.75, 3.05) is 6.61 Å². The lowest BCUT2D eigenvalue weighted by Gasteiger charge is -2.10. The largest absolute Gasteiger partial charge is 0.744 e. The standard InChI is InChI=1S/C31H30N5O.C7H8O3S/c1(7-19-36-20-13-26(14-21-36)25-11-17-32-18-12-25)2-8-22-37-27-23-30(28-9-3-5-15-33-28)35-31(24-27)29-10-4-6-16-34-29;1-6-2-4-7(5-3-6)11(8,9)10/h3-6,9-18,20-21,23-24H,1-2,7-8,19,22H2;2-5H,1H3,(H,8,9,10)/q+1;/p-1. The van der Waals surface area contributed by atoms with E-state index in [2.05, 4.69) is 44.0 Å². The van der Waals surface area contributed by atoms with Crippen molar-refractivity contribution >= 4 is 10.1 Å². The van der Waals surface area contributed by atoms with Crippen molar-refractivity contribution in [1.82, 2.24) is 19.9 Å². The van der Waals surface area contributed by atoms with E-state index in [1.165, 1.54) is 23.3 Å². The molecule has 6 rings (SSSR count). The van der Waals surface area contributed by atoms with Crippen molar-refractivity contribution in [2.45, 2.75) is 44.0 Å². The fraction of sp³-hybridized carbons (Fsp3) is 0.184. The molecule has 0 saturated carbocycles. The summed E-state index contributed by atoms with van der Waals surface area (Å²) in [5.41, 5.74) is 6.53. The molecule has 5 heterocycles. The van der Waals surface area contributed by atoms with Crippen LogP contribution in [0.5, 0.6) is 5.75 Å². The van der Waals surface area contributed by atoms with Gasteiger partial charge in [-0.1, -0.05) is 29.8 Å². The predicted molar refractivity (Wildman–Crippen MR) is 184 cm³/mol. The number of unbranched alkanes of at least 4 members (excludes halogenated alkanes) is 3. The van der Waals surface area contributed by atoms with Gasteiger partial charge in [-0.3, -0.25) is 15.0 Å². The Morgan fingerprint density at radius 1 is 0.667 bits per heavy atom. The Balaban J connectivity index is 0.000000349. The summed E-state index contributed by atoms with van der Waals surface area (Å²) in [6, 6.07) is 29.7. The first-order chi connectivity index (χ1) is 23.3. The van der Waals surface area contributed by atoms with Gasteiger partial charge >= 0.3 is 0 Å². The van der Waals surface area contributed by atoms with Crippen molar-refractivity contribution < 1.29 is 22.3 Å². The number of hydrogen-bond acceptors (Lipinski definition) is 8. The number of rotatable bonds is 12.